The van der Waals surface area contributed by atoms with Gasteiger partial charge in [0.15, 0.2) is 0 Å². The molecule has 0 aliphatic heterocycles. The Bertz CT molecular complexity index is 617. The van der Waals surface area contributed by atoms with Crippen LogP contribution in [0.2, 0.25) is 0 Å². The summed E-state index contributed by atoms with van der Waals surface area (Å²) in [7, 11) is 0. The van der Waals surface area contributed by atoms with Crippen LogP contribution in [0.25, 0.3) is 0 Å². The van der Waals surface area contributed by atoms with Crippen molar-refractivity contribution in [1.29, 1.82) is 0 Å². The van der Waals surface area contributed by atoms with Crippen LogP contribution in [-0.4, -0.2) is 29.0 Å². The summed E-state index contributed by atoms with van der Waals surface area (Å²) in [5, 5.41) is 2.61. The molecule has 19 heavy (non-hydrogen) atoms. The molecule has 100 valence electrons. The summed E-state index contributed by atoms with van der Waals surface area (Å²) in [5.74, 6) is 0.277. The Hall–Kier alpha value is -2.70. The highest BCUT2D eigenvalue weighted by Crippen LogP contribution is 2.13. The molecule has 0 aliphatic carbocycles. The van der Waals surface area contributed by atoms with Crippen LogP contribution < -0.4 is 21.5 Å². The highest BCUT2D eigenvalue weighted by Gasteiger charge is 2.06. The Kier molecular flexibility index (Phi) is 3.87. The number of nitrogen functional groups attached to an aromatic ring is 1. The van der Waals surface area contributed by atoms with Gasteiger partial charge in [0.1, 0.15) is 18.1 Å². The largest absolute Gasteiger partial charge is 0.492 e. The number of ether oxygens (including phenoxy) is 1. The maximum Gasteiger partial charge on any atom is 0.323 e. The summed E-state index contributed by atoms with van der Waals surface area (Å²) in [6, 6.07) is 7.03. The third kappa shape index (κ3) is 3.63. The normalized spacial score (nSPS) is 10.1. The van der Waals surface area contributed by atoms with Gasteiger partial charge in [0.25, 0.3) is 5.91 Å². The second-order valence-corrected chi connectivity index (χ2v) is 3.83. The van der Waals surface area contributed by atoms with E-state index in [1.54, 1.807) is 24.3 Å². The number of nitrogens with two attached hydrogens (primary N) is 1. The van der Waals surface area contributed by atoms with E-state index in [0.717, 1.165) is 0 Å². The minimum absolute atomic E-state index is 0.189. The molecule has 7 nitrogen and oxygen atoms in total. The van der Waals surface area contributed by atoms with Gasteiger partial charge < -0.3 is 25.8 Å². The van der Waals surface area contributed by atoms with Gasteiger partial charge in [0, 0.05) is 18.0 Å². The lowest BCUT2D eigenvalue weighted by Crippen LogP contribution is -2.28. The Labute approximate surface area is 108 Å². The van der Waals surface area contributed by atoms with Crippen LogP contribution in [0.5, 0.6) is 5.75 Å². The van der Waals surface area contributed by atoms with E-state index in [0.29, 0.717) is 24.6 Å². The predicted molar refractivity (Wildman–Crippen MR) is 70.1 cm³/mol. The number of amides is 1. The second-order valence-electron chi connectivity index (χ2n) is 3.83. The minimum atomic E-state index is -0.416. The molecule has 0 fully saturated rings. The van der Waals surface area contributed by atoms with Gasteiger partial charge in [0.05, 0.1) is 6.54 Å². The van der Waals surface area contributed by atoms with Gasteiger partial charge in [-0.25, -0.2) is 4.79 Å². The van der Waals surface area contributed by atoms with E-state index >= 15 is 0 Å². The van der Waals surface area contributed by atoms with Gasteiger partial charge in [-0.3, -0.25) is 4.79 Å². The van der Waals surface area contributed by atoms with Crippen LogP contribution in [0.4, 0.5) is 5.69 Å². The first-order valence-corrected chi connectivity index (χ1v) is 5.69. The van der Waals surface area contributed by atoms with Crippen molar-refractivity contribution >= 4 is 11.6 Å². The second kappa shape index (κ2) is 5.76. The molecule has 0 unspecified atom stereocenters. The fraction of sp³-hybridized carbons (Fsp3) is 0.167. The zero-order valence-electron chi connectivity index (χ0n) is 10.1. The van der Waals surface area contributed by atoms with Crippen molar-refractivity contribution < 1.29 is 9.53 Å². The first kappa shape index (κ1) is 12.7. The molecule has 2 aromatic rings. The molecule has 5 N–H and O–H groups in total. The van der Waals surface area contributed by atoms with E-state index in [1.807, 2.05) is 0 Å². The lowest BCUT2D eigenvalue weighted by molar-refractivity contribution is 0.0942. The molecule has 1 heterocycles. The van der Waals surface area contributed by atoms with Gasteiger partial charge in [-0.05, 0) is 12.1 Å². The summed E-state index contributed by atoms with van der Waals surface area (Å²) in [6.45, 7) is 0.630. The smallest absolute Gasteiger partial charge is 0.323 e. The van der Waals surface area contributed by atoms with Crippen molar-refractivity contribution in [1.82, 2.24) is 15.3 Å². The van der Waals surface area contributed by atoms with Crippen molar-refractivity contribution in [3.63, 3.8) is 0 Å². The third-order valence-corrected chi connectivity index (χ3v) is 2.35. The van der Waals surface area contributed by atoms with Crippen molar-refractivity contribution in [3.05, 3.63) is 46.6 Å². The zero-order chi connectivity index (χ0) is 13.7. The van der Waals surface area contributed by atoms with E-state index in [-0.39, 0.29) is 11.6 Å². The third-order valence-electron chi connectivity index (χ3n) is 2.35. The van der Waals surface area contributed by atoms with Crippen molar-refractivity contribution in [2.75, 3.05) is 18.9 Å². The molecule has 7 heteroatoms. The van der Waals surface area contributed by atoms with Gasteiger partial charge in [0.2, 0.25) is 0 Å². The van der Waals surface area contributed by atoms with Crippen LogP contribution in [0.3, 0.4) is 0 Å². The number of imidazole rings is 1. The number of rotatable bonds is 5. The minimum Gasteiger partial charge on any atom is -0.492 e. The van der Waals surface area contributed by atoms with Gasteiger partial charge in [-0.2, -0.15) is 0 Å². The lowest BCUT2D eigenvalue weighted by Gasteiger charge is -2.07. The number of hydrogen-bond donors (Lipinski definition) is 4. The molecular formula is C12H14N4O3. The number of benzene rings is 1. The number of H-pyrrole nitrogens is 2. The lowest BCUT2D eigenvalue weighted by atomic mass is 10.3. The molecule has 1 aromatic heterocycles. The molecule has 0 bridgehead atoms. The maximum atomic E-state index is 11.5. The first-order chi connectivity index (χ1) is 9.15. The monoisotopic (exact) mass is 262 g/mol. The van der Waals surface area contributed by atoms with Gasteiger partial charge in [-0.1, -0.05) is 6.07 Å². The topological polar surface area (TPSA) is 113 Å². The van der Waals surface area contributed by atoms with Crippen molar-refractivity contribution in [2.24, 2.45) is 0 Å². The Balaban J connectivity index is 1.75. The first-order valence-electron chi connectivity index (χ1n) is 5.69. The Morgan fingerprint density at radius 3 is 2.95 bits per heavy atom. The maximum absolute atomic E-state index is 11.5. The van der Waals surface area contributed by atoms with E-state index in [1.165, 1.54) is 6.20 Å². The number of carbonyl (C=O) groups is 1. The summed E-state index contributed by atoms with van der Waals surface area (Å²) in [5.41, 5.74) is 5.99. The molecule has 0 saturated carbocycles. The molecule has 2 rings (SSSR count). The molecule has 0 atom stereocenters. The van der Waals surface area contributed by atoms with E-state index in [2.05, 4.69) is 15.3 Å². The molecule has 0 radical (unpaired) electrons. The van der Waals surface area contributed by atoms with Crippen LogP contribution in [0.15, 0.2) is 35.3 Å². The van der Waals surface area contributed by atoms with Gasteiger partial charge in [-0.15, -0.1) is 0 Å². The molecular weight excluding hydrogens is 248 g/mol. The number of nitrogens with one attached hydrogen (secondary N) is 3. The molecule has 1 amide bonds. The fourth-order valence-electron chi connectivity index (χ4n) is 1.49. The average molecular weight is 262 g/mol. The van der Waals surface area contributed by atoms with E-state index in [9.17, 15) is 9.59 Å². The molecule has 0 aliphatic rings. The summed E-state index contributed by atoms with van der Waals surface area (Å²) < 4.78 is 5.40. The van der Waals surface area contributed by atoms with Crippen LogP contribution in [0.1, 0.15) is 10.5 Å². The number of aromatic nitrogens is 2. The number of carbonyl (C=O) groups excluding carboxylic acids is 1. The Morgan fingerprint density at radius 1 is 1.42 bits per heavy atom. The SMILES string of the molecule is Nc1cccc(OCCNC(=O)c2c[nH]c(=O)[nH]2)c1. The highest BCUT2D eigenvalue weighted by atomic mass is 16.5. The standard InChI is InChI=1S/C12H14N4O3/c13-8-2-1-3-9(6-8)19-5-4-14-11(17)10-7-15-12(18)16-10/h1-3,6-7H,4-5,13H2,(H,14,17)(H2,15,16,18). The molecule has 1 aromatic carbocycles. The van der Waals surface area contributed by atoms with Crippen LogP contribution in [-0.2, 0) is 0 Å². The zero-order valence-corrected chi connectivity index (χ0v) is 10.1. The predicted octanol–water partition coefficient (Wildman–Crippen LogP) is 0.0940. The fourth-order valence-corrected chi connectivity index (χ4v) is 1.49. The van der Waals surface area contributed by atoms with Gasteiger partial charge >= 0.3 is 5.69 Å². The number of anilines is 1. The average Bonchev–Trinajstić information content (AvgIpc) is 2.81. The summed E-state index contributed by atoms with van der Waals surface area (Å²) >= 11 is 0. The molecule has 0 saturated heterocycles. The summed E-state index contributed by atoms with van der Waals surface area (Å²) in [4.78, 5) is 27.1. The van der Waals surface area contributed by atoms with E-state index < -0.39 is 5.69 Å². The number of aromatic amines is 2. The Morgan fingerprint density at radius 2 is 2.26 bits per heavy atom. The van der Waals surface area contributed by atoms with E-state index in [4.69, 9.17) is 10.5 Å². The van der Waals surface area contributed by atoms with Crippen molar-refractivity contribution in [3.8, 4) is 5.75 Å². The van der Waals surface area contributed by atoms with Crippen LogP contribution in [0, 0.1) is 0 Å². The van der Waals surface area contributed by atoms with Crippen molar-refractivity contribution in [2.45, 2.75) is 0 Å². The molecule has 0 spiro atoms. The number of hydrogen-bond acceptors (Lipinski definition) is 4. The quantitative estimate of drug-likeness (QED) is 0.452. The summed E-state index contributed by atoms with van der Waals surface area (Å²) in [6.07, 6.45) is 1.32. The van der Waals surface area contributed by atoms with Crippen LogP contribution >= 0.6 is 0 Å². The highest BCUT2D eigenvalue weighted by molar-refractivity contribution is 5.91.